The number of hydrogen-bond donors (Lipinski definition) is 0. The van der Waals surface area contributed by atoms with Crippen LogP contribution < -0.4 is 0 Å². The van der Waals surface area contributed by atoms with Crippen molar-refractivity contribution < 1.29 is 8.83 Å². The maximum Gasteiger partial charge on any atom is 0.238 e. The number of para-hydroxylation sites is 4. The molecule has 0 N–H and O–H groups in total. The summed E-state index contributed by atoms with van der Waals surface area (Å²) >= 11 is 0. The van der Waals surface area contributed by atoms with E-state index in [1.165, 1.54) is 10.8 Å². The van der Waals surface area contributed by atoms with Gasteiger partial charge in [0.15, 0.2) is 17.2 Å². The van der Waals surface area contributed by atoms with E-state index in [4.69, 9.17) is 23.8 Å². The highest BCUT2D eigenvalue weighted by Gasteiger charge is 2.26. The number of aromatic nitrogens is 5. The topological polar surface area (TPSA) is 74.8 Å². The van der Waals surface area contributed by atoms with Crippen molar-refractivity contribution in [1.82, 2.24) is 24.1 Å². The van der Waals surface area contributed by atoms with E-state index in [2.05, 4.69) is 179 Å². The van der Waals surface area contributed by atoms with Gasteiger partial charge in [-0.15, -0.1) is 0 Å². The minimum atomic E-state index is 0.506. The molecule has 0 spiro atoms. The molecular formula is C59H33N5O2. The van der Waals surface area contributed by atoms with Crippen molar-refractivity contribution >= 4 is 109 Å². The summed E-state index contributed by atoms with van der Waals surface area (Å²) in [5.41, 5.74) is 9.75. The molecule has 7 heteroatoms. The normalized spacial score (nSPS) is 12.2. The van der Waals surface area contributed by atoms with Gasteiger partial charge in [-0.1, -0.05) is 127 Å². The zero-order chi connectivity index (χ0) is 43.0. The van der Waals surface area contributed by atoms with Crippen LogP contribution in [0.3, 0.4) is 0 Å². The maximum absolute atomic E-state index is 7.04. The molecule has 10 aromatic carbocycles. The lowest BCUT2D eigenvalue weighted by Crippen LogP contribution is -2.08. The number of fused-ring (bicyclic) bond motifs is 14. The van der Waals surface area contributed by atoms with E-state index in [-0.39, 0.29) is 0 Å². The van der Waals surface area contributed by atoms with Crippen molar-refractivity contribution in [2.45, 2.75) is 0 Å². The molecule has 0 aliphatic heterocycles. The van der Waals surface area contributed by atoms with E-state index in [1.807, 2.05) is 30.3 Å². The van der Waals surface area contributed by atoms with Gasteiger partial charge in [0.25, 0.3) is 0 Å². The van der Waals surface area contributed by atoms with Gasteiger partial charge >= 0.3 is 0 Å². The predicted octanol–water partition coefficient (Wildman–Crippen LogP) is 15.5. The van der Waals surface area contributed by atoms with Gasteiger partial charge in [0.05, 0.1) is 22.1 Å². The summed E-state index contributed by atoms with van der Waals surface area (Å²) in [6.07, 6.45) is 0. The van der Waals surface area contributed by atoms with Crippen LogP contribution in [0, 0.1) is 0 Å². The molecule has 0 bridgehead atoms. The van der Waals surface area contributed by atoms with E-state index >= 15 is 0 Å². The van der Waals surface area contributed by atoms with Crippen LogP contribution in [-0.4, -0.2) is 24.1 Å². The fraction of sp³-hybridized carbons (Fsp3) is 0. The van der Waals surface area contributed by atoms with Gasteiger partial charge in [-0.05, 0) is 94.3 Å². The predicted molar refractivity (Wildman–Crippen MR) is 269 cm³/mol. The zero-order valence-electron chi connectivity index (χ0n) is 35.1. The smallest absolute Gasteiger partial charge is 0.238 e. The summed E-state index contributed by atoms with van der Waals surface area (Å²) in [4.78, 5) is 16.3. The van der Waals surface area contributed by atoms with Crippen molar-refractivity contribution in [2.24, 2.45) is 0 Å². The molecule has 306 valence electrons. The fourth-order valence-corrected chi connectivity index (χ4v) is 10.5. The fourth-order valence-electron chi connectivity index (χ4n) is 10.5. The van der Waals surface area contributed by atoms with Crippen molar-refractivity contribution in [3.8, 4) is 34.4 Å². The Labute approximate surface area is 375 Å². The summed E-state index contributed by atoms with van der Waals surface area (Å²) in [6.45, 7) is 0. The summed E-state index contributed by atoms with van der Waals surface area (Å²) in [6, 6.07) is 70.3. The Morgan fingerprint density at radius 1 is 0.318 bits per heavy atom. The molecule has 0 unspecified atom stereocenters. The third-order valence-electron chi connectivity index (χ3n) is 13.5. The van der Waals surface area contributed by atoms with Gasteiger partial charge in [0, 0.05) is 54.2 Å². The molecule has 0 saturated heterocycles. The molecule has 0 saturated carbocycles. The molecule has 0 aliphatic rings. The van der Waals surface area contributed by atoms with Gasteiger partial charge in [-0.2, -0.15) is 9.97 Å². The first-order chi connectivity index (χ1) is 32.7. The molecular weight excluding hydrogens is 811 g/mol. The van der Waals surface area contributed by atoms with E-state index in [1.54, 1.807) is 0 Å². The lowest BCUT2D eigenvalue weighted by Gasteiger charge is -2.16. The average molecular weight is 844 g/mol. The molecule has 0 aliphatic carbocycles. The molecule has 66 heavy (non-hydrogen) atoms. The molecule has 0 fully saturated rings. The number of nitrogens with zero attached hydrogens (tertiary/aromatic N) is 5. The van der Waals surface area contributed by atoms with Crippen LogP contribution >= 0.6 is 0 Å². The van der Waals surface area contributed by atoms with Gasteiger partial charge in [0.1, 0.15) is 22.4 Å². The highest BCUT2D eigenvalue weighted by Crippen LogP contribution is 2.45. The Morgan fingerprint density at radius 2 is 0.818 bits per heavy atom. The van der Waals surface area contributed by atoms with Crippen LogP contribution in [-0.2, 0) is 0 Å². The maximum atomic E-state index is 7.04. The second-order valence-corrected chi connectivity index (χ2v) is 17.2. The van der Waals surface area contributed by atoms with Crippen molar-refractivity contribution in [2.75, 3.05) is 0 Å². The van der Waals surface area contributed by atoms with Crippen LogP contribution in [0.5, 0.6) is 0 Å². The molecule has 0 radical (unpaired) electrons. The minimum absolute atomic E-state index is 0.506. The molecule has 5 heterocycles. The minimum Gasteiger partial charge on any atom is -0.456 e. The lowest BCUT2D eigenvalue weighted by atomic mass is 10.0. The van der Waals surface area contributed by atoms with Gasteiger partial charge in [-0.25, -0.2) is 4.98 Å². The molecule has 7 nitrogen and oxygen atoms in total. The monoisotopic (exact) mass is 843 g/mol. The number of hydrogen-bond acceptors (Lipinski definition) is 5. The van der Waals surface area contributed by atoms with E-state index in [0.717, 1.165) is 115 Å². The third-order valence-corrected chi connectivity index (χ3v) is 13.5. The highest BCUT2D eigenvalue weighted by molar-refractivity contribution is 6.19. The Hall–Kier alpha value is -9.07. The summed E-state index contributed by atoms with van der Waals surface area (Å²) in [5, 5.41) is 13.3. The average Bonchev–Trinajstić information content (AvgIpc) is 4.12. The molecule has 0 atom stereocenters. The summed E-state index contributed by atoms with van der Waals surface area (Å²) in [5.74, 6) is 1.54. The number of benzene rings is 10. The first-order valence-corrected chi connectivity index (χ1v) is 22.2. The van der Waals surface area contributed by atoms with Gasteiger partial charge in [0.2, 0.25) is 5.95 Å². The lowest BCUT2D eigenvalue weighted by molar-refractivity contribution is 0.666. The van der Waals surface area contributed by atoms with Gasteiger partial charge in [-0.3, -0.25) is 4.57 Å². The van der Waals surface area contributed by atoms with Gasteiger partial charge < -0.3 is 13.4 Å². The quantitative estimate of drug-likeness (QED) is 0.176. The SMILES string of the molecule is c1ccc2cc3c(cc2c1)c1cc2ccccc2cc1n3-c1c(-c2nc(-c3ccc4c(c3)oc3ccccc34)nc(-n3c4ccccc4c4ccccc43)n2)ccc2c1oc1ccccc12. The number of furan rings is 2. The van der Waals surface area contributed by atoms with Crippen molar-refractivity contribution in [3.05, 3.63) is 200 Å². The van der Waals surface area contributed by atoms with Crippen molar-refractivity contribution in [3.63, 3.8) is 0 Å². The van der Waals surface area contributed by atoms with E-state index in [0.29, 0.717) is 17.6 Å². The largest absolute Gasteiger partial charge is 0.456 e. The first-order valence-electron chi connectivity index (χ1n) is 22.2. The van der Waals surface area contributed by atoms with Crippen LogP contribution in [0.25, 0.3) is 143 Å². The van der Waals surface area contributed by atoms with Crippen molar-refractivity contribution in [1.29, 1.82) is 0 Å². The second kappa shape index (κ2) is 13.2. The molecule has 15 aromatic rings. The van der Waals surface area contributed by atoms with Crippen LogP contribution in [0.15, 0.2) is 209 Å². The van der Waals surface area contributed by atoms with Crippen LogP contribution in [0.4, 0.5) is 0 Å². The third kappa shape index (κ3) is 4.99. The van der Waals surface area contributed by atoms with Crippen LogP contribution in [0.1, 0.15) is 0 Å². The van der Waals surface area contributed by atoms with E-state index < -0.39 is 0 Å². The Kier molecular flexibility index (Phi) is 7.10. The molecule has 15 rings (SSSR count). The number of rotatable bonds is 4. The Morgan fingerprint density at radius 3 is 1.47 bits per heavy atom. The standard InChI is InChI=1S/C59H33N5O2/c1-3-15-36-31-50-46(29-34(36)13-1)47-30-35-14-2-4-16-37(35)32-51(47)63(50)55-45(28-27-44-42-20-8-12-24-53(42)66-56(44)55)58-60-57(38-25-26-43-41-19-7-11-23-52(41)65-54(43)33-38)61-59(62-58)64-48-21-9-5-17-39(48)40-18-6-10-22-49(40)64/h1-33H. The highest BCUT2D eigenvalue weighted by atomic mass is 16.3. The Bertz CT molecular complexity index is 4400. The molecule has 0 amide bonds. The first kappa shape index (κ1) is 35.4. The summed E-state index contributed by atoms with van der Waals surface area (Å²) < 4.78 is 18.0. The summed E-state index contributed by atoms with van der Waals surface area (Å²) in [7, 11) is 0. The Balaban J connectivity index is 1.10. The zero-order valence-corrected chi connectivity index (χ0v) is 35.1. The molecule has 5 aromatic heterocycles. The van der Waals surface area contributed by atoms with Crippen LogP contribution in [0.2, 0.25) is 0 Å². The van der Waals surface area contributed by atoms with E-state index in [9.17, 15) is 0 Å². The second-order valence-electron chi connectivity index (χ2n) is 17.2.